The summed E-state index contributed by atoms with van der Waals surface area (Å²) in [6.07, 6.45) is 0. The molecule has 2 N–H and O–H groups in total. The first-order valence-corrected chi connectivity index (χ1v) is 9.19. The number of hydrogen-bond donors (Lipinski definition) is 2. The van der Waals surface area contributed by atoms with Gasteiger partial charge in [0.15, 0.2) is 4.67 Å². The number of sulfonamides is 1. The number of aromatic nitrogens is 1. The maximum Gasteiger partial charge on any atom is 0.245 e. The number of furan rings is 1. The highest BCUT2D eigenvalue weighted by molar-refractivity contribution is 9.10. The number of rotatable bonds is 5. The molecule has 0 aliphatic rings. The molecule has 2 heterocycles. The second kappa shape index (κ2) is 6.17. The van der Waals surface area contributed by atoms with Crippen LogP contribution in [0.3, 0.4) is 0 Å². The van der Waals surface area contributed by atoms with Crippen molar-refractivity contribution >= 4 is 37.3 Å². The predicted octanol–water partition coefficient (Wildman–Crippen LogP) is 2.65. The van der Waals surface area contributed by atoms with Gasteiger partial charge in [0.2, 0.25) is 10.0 Å². The zero-order valence-corrected chi connectivity index (χ0v) is 14.9. The highest BCUT2D eigenvalue weighted by Crippen LogP contribution is 2.29. The van der Waals surface area contributed by atoms with Gasteiger partial charge in [-0.25, -0.2) is 18.1 Å². The topological polar surface area (TPSA) is 92.4 Å². The van der Waals surface area contributed by atoms with Crippen molar-refractivity contribution in [1.29, 1.82) is 0 Å². The first-order valence-electron chi connectivity index (χ1n) is 6.10. The maximum absolute atomic E-state index is 12.4. The van der Waals surface area contributed by atoms with E-state index in [9.17, 15) is 8.42 Å². The molecule has 2 aromatic rings. The van der Waals surface area contributed by atoms with Gasteiger partial charge in [0.1, 0.15) is 17.3 Å². The Bertz CT molecular complexity index is 751. The van der Waals surface area contributed by atoms with E-state index in [4.69, 9.17) is 9.52 Å². The highest BCUT2D eigenvalue weighted by atomic mass is 79.9. The molecule has 2 aromatic heterocycles. The Labute approximate surface area is 135 Å². The fourth-order valence-corrected chi connectivity index (χ4v) is 5.17. The first kappa shape index (κ1) is 16.6. The summed E-state index contributed by atoms with van der Waals surface area (Å²) in [7, 11) is -3.76. The monoisotopic (exact) mass is 394 g/mol. The van der Waals surface area contributed by atoms with Crippen molar-refractivity contribution in [3.63, 3.8) is 0 Å². The third-order valence-corrected chi connectivity index (χ3v) is 6.47. The van der Waals surface area contributed by atoms with Crippen molar-refractivity contribution in [2.75, 3.05) is 0 Å². The van der Waals surface area contributed by atoms with Gasteiger partial charge in [0, 0.05) is 10.9 Å². The maximum atomic E-state index is 12.4. The molecular weight excluding hydrogens is 380 g/mol. The lowest BCUT2D eigenvalue weighted by Crippen LogP contribution is -2.26. The van der Waals surface area contributed by atoms with Crippen LogP contribution in [0.15, 0.2) is 20.0 Å². The van der Waals surface area contributed by atoms with Gasteiger partial charge in [-0.1, -0.05) is 0 Å². The lowest BCUT2D eigenvalue weighted by atomic mass is 10.2. The molecule has 6 nitrogen and oxygen atoms in total. The van der Waals surface area contributed by atoms with E-state index in [1.54, 1.807) is 6.92 Å². The number of hydrogen-bond acceptors (Lipinski definition) is 6. The van der Waals surface area contributed by atoms with E-state index < -0.39 is 16.1 Å². The molecule has 0 amide bonds. The molecule has 0 spiro atoms. The number of thiazole rings is 1. The molecule has 0 aliphatic carbocycles. The van der Waals surface area contributed by atoms with Gasteiger partial charge in [-0.05, 0) is 36.7 Å². The normalized spacial score (nSPS) is 13.6. The van der Waals surface area contributed by atoms with Crippen LogP contribution in [0.4, 0.5) is 0 Å². The molecule has 0 saturated heterocycles. The zero-order chi connectivity index (χ0) is 15.8. The Morgan fingerprint density at radius 1 is 1.52 bits per heavy atom. The molecular formula is C12H15BrN2O4S2. The molecule has 0 bridgehead atoms. The minimum Gasteiger partial charge on any atom is -0.450 e. The van der Waals surface area contributed by atoms with Gasteiger partial charge in [-0.2, -0.15) is 0 Å². The fourth-order valence-electron chi connectivity index (χ4n) is 1.96. The van der Waals surface area contributed by atoms with Crippen LogP contribution in [-0.4, -0.2) is 18.5 Å². The van der Waals surface area contributed by atoms with E-state index in [1.807, 2.05) is 13.8 Å². The lowest BCUT2D eigenvalue weighted by Gasteiger charge is -2.12. The number of aliphatic hydroxyl groups is 1. The van der Waals surface area contributed by atoms with Gasteiger partial charge in [0.05, 0.1) is 16.7 Å². The van der Waals surface area contributed by atoms with Crippen LogP contribution in [0.1, 0.15) is 34.3 Å². The SMILES string of the molecule is Cc1nc(C)c(C(C)NS(=O)(=O)c2cc(CO)oc2Br)s1. The molecule has 0 aliphatic heterocycles. The summed E-state index contributed by atoms with van der Waals surface area (Å²) >= 11 is 4.51. The van der Waals surface area contributed by atoms with Crippen LogP contribution >= 0.6 is 27.3 Å². The molecule has 1 atom stereocenters. The number of aliphatic hydroxyl groups excluding tert-OH is 1. The predicted molar refractivity (Wildman–Crippen MR) is 82.7 cm³/mol. The number of aryl methyl sites for hydroxylation is 2. The lowest BCUT2D eigenvalue weighted by molar-refractivity contribution is 0.245. The summed E-state index contributed by atoms with van der Waals surface area (Å²) in [5.74, 6) is 0.180. The average Bonchev–Trinajstić information content (AvgIpc) is 2.91. The molecule has 2 rings (SSSR count). The number of halogens is 1. The summed E-state index contributed by atoms with van der Waals surface area (Å²) in [5, 5.41) is 9.89. The summed E-state index contributed by atoms with van der Waals surface area (Å²) in [6.45, 7) is 5.12. The van der Waals surface area contributed by atoms with Crippen LogP contribution in [0.5, 0.6) is 0 Å². The van der Waals surface area contributed by atoms with Crippen molar-refractivity contribution < 1.29 is 17.9 Å². The van der Waals surface area contributed by atoms with Gasteiger partial charge < -0.3 is 9.52 Å². The summed E-state index contributed by atoms with van der Waals surface area (Å²) in [5.41, 5.74) is 0.815. The Balaban J connectivity index is 2.28. The fraction of sp³-hybridized carbons (Fsp3) is 0.417. The Morgan fingerprint density at radius 2 is 2.19 bits per heavy atom. The van der Waals surface area contributed by atoms with E-state index in [0.29, 0.717) is 0 Å². The van der Waals surface area contributed by atoms with E-state index in [1.165, 1.54) is 17.4 Å². The van der Waals surface area contributed by atoms with E-state index in [-0.39, 0.29) is 21.9 Å². The van der Waals surface area contributed by atoms with E-state index in [2.05, 4.69) is 25.6 Å². The van der Waals surface area contributed by atoms with Crippen LogP contribution in [0.2, 0.25) is 0 Å². The van der Waals surface area contributed by atoms with E-state index >= 15 is 0 Å². The summed E-state index contributed by atoms with van der Waals surface area (Å²) < 4.78 is 32.5. The highest BCUT2D eigenvalue weighted by Gasteiger charge is 2.26. The minimum absolute atomic E-state index is 0.0303. The number of nitrogens with one attached hydrogen (secondary N) is 1. The molecule has 116 valence electrons. The first-order chi connectivity index (χ1) is 9.74. The molecule has 1 unspecified atom stereocenters. The van der Waals surface area contributed by atoms with Gasteiger partial charge >= 0.3 is 0 Å². The minimum atomic E-state index is -3.76. The second-order valence-electron chi connectivity index (χ2n) is 4.53. The third kappa shape index (κ3) is 3.54. The molecule has 0 aromatic carbocycles. The van der Waals surface area contributed by atoms with Crippen molar-refractivity contribution in [3.8, 4) is 0 Å². The van der Waals surface area contributed by atoms with Crippen molar-refractivity contribution in [1.82, 2.24) is 9.71 Å². The van der Waals surface area contributed by atoms with Crippen LogP contribution < -0.4 is 4.72 Å². The molecule has 0 saturated carbocycles. The van der Waals surface area contributed by atoms with Crippen LogP contribution in [-0.2, 0) is 16.6 Å². The molecule has 0 radical (unpaired) electrons. The van der Waals surface area contributed by atoms with Gasteiger partial charge in [-0.15, -0.1) is 11.3 Å². The standard InChI is InChI=1S/C12H15BrN2O4S2/c1-6-11(20-8(3)14-6)7(2)15-21(17,18)10-4-9(5-16)19-12(10)13/h4,7,15-16H,5H2,1-3H3. The van der Waals surface area contributed by atoms with E-state index in [0.717, 1.165) is 15.6 Å². The smallest absolute Gasteiger partial charge is 0.245 e. The number of nitrogens with zero attached hydrogens (tertiary/aromatic N) is 1. The molecule has 0 fully saturated rings. The third-order valence-electron chi connectivity index (χ3n) is 2.82. The largest absolute Gasteiger partial charge is 0.450 e. The van der Waals surface area contributed by atoms with Gasteiger partial charge in [0.25, 0.3) is 0 Å². The van der Waals surface area contributed by atoms with Crippen molar-refractivity contribution in [3.05, 3.63) is 32.1 Å². The van der Waals surface area contributed by atoms with Crippen LogP contribution in [0.25, 0.3) is 0 Å². The van der Waals surface area contributed by atoms with Gasteiger partial charge in [-0.3, -0.25) is 0 Å². The summed E-state index contributed by atoms with van der Waals surface area (Å²) in [6, 6.07) is 0.893. The van der Waals surface area contributed by atoms with Crippen LogP contribution in [0, 0.1) is 13.8 Å². The van der Waals surface area contributed by atoms with Crippen molar-refractivity contribution in [2.45, 2.75) is 38.3 Å². The molecule has 9 heteroatoms. The average molecular weight is 395 g/mol. The second-order valence-corrected chi connectivity index (χ2v) is 8.17. The Morgan fingerprint density at radius 3 is 2.67 bits per heavy atom. The Kier molecular flexibility index (Phi) is 4.89. The Hall–Kier alpha value is -0.740. The summed E-state index contributed by atoms with van der Waals surface area (Å²) in [4.78, 5) is 5.14. The quantitative estimate of drug-likeness (QED) is 0.812. The van der Waals surface area contributed by atoms with Crippen molar-refractivity contribution in [2.24, 2.45) is 0 Å². The zero-order valence-electron chi connectivity index (χ0n) is 11.7. The molecule has 21 heavy (non-hydrogen) atoms.